The van der Waals surface area contributed by atoms with Gasteiger partial charge in [-0.2, -0.15) is 4.98 Å². The smallest absolute Gasteiger partial charge is 0.292 e. The molecular weight excluding hydrogens is 404 g/mol. The van der Waals surface area contributed by atoms with Crippen molar-refractivity contribution in [2.45, 2.75) is 44.6 Å². The van der Waals surface area contributed by atoms with Gasteiger partial charge >= 0.3 is 0 Å². The second kappa shape index (κ2) is 8.17. The Morgan fingerprint density at radius 3 is 2.81 bits per heavy atom. The number of piperidine rings is 1. The molecule has 0 unspecified atom stereocenters. The van der Waals surface area contributed by atoms with Gasteiger partial charge in [0.05, 0.1) is 16.4 Å². The van der Waals surface area contributed by atoms with Crippen LogP contribution in [0.3, 0.4) is 0 Å². The number of hydrogen-bond donors (Lipinski definition) is 3. The number of H-pyrrole nitrogens is 1. The van der Waals surface area contributed by atoms with Gasteiger partial charge in [0.2, 0.25) is 17.8 Å². The van der Waals surface area contributed by atoms with E-state index in [9.17, 15) is 24.5 Å². The molecule has 31 heavy (non-hydrogen) atoms. The minimum Gasteiger partial charge on any atom is -0.340 e. The third kappa shape index (κ3) is 3.98. The Balaban J connectivity index is 1.68. The van der Waals surface area contributed by atoms with E-state index in [1.165, 1.54) is 18.2 Å². The fourth-order valence-corrected chi connectivity index (χ4v) is 4.09. The monoisotopic (exact) mass is 426 g/mol. The molecule has 3 N–H and O–H groups in total. The van der Waals surface area contributed by atoms with Crippen molar-refractivity contribution in [1.82, 2.24) is 9.97 Å². The van der Waals surface area contributed by atoms with Gasteiger partial charge in [-0.25, -0.2) is 0 Å². The number of rotatable bonds is 4. The lowest BCUT2D eigenvalue weighted by molar-refractivity contribution is -0.383. The first-order valence-electron chi connectivity index (χ1n) is 10.1. The second-order valence-electron chi connectivity index (χ2n) is 7.76. The largest absolute Gasteiger partial charge is 0.340 e. The summed E-state index contributed by atoms with van der Waals surface area (Å²) in [6.45, 7) is 2.78. The van der Waals surface area contributed by atoms with Crippen molar-refractivity contribution in [3.05, 3.63) is 50.3 Å². The Hall–Kier alpha value is -3.76. The third-order valence-corrected chi connectivity index (χ3v) is 5.69. The van der Waals surface area contributed by atoms with Crippen molar-refractivity contribution in [3.63, 3.8) is 0 Å². The molecule has 3 heterocycles. The van der Waals surface area contributed by atoms with Crippen LogP contribution >= 0.6 is 0 Å². The number of amides is 2. The minimum absolute atomic E-state index is 0.00631. The number of benzene rings is 1. The second-order valence-corrected chi connectivity index (χ2v) is 7.76. The van der Waals surface area contributed by atoms with Crippen LogP contribution in [0.4, 0.5) is 23.1 Å². The minimum atomic E-state index is -1.12. The van der Waals surface area contributed by atoms with Crippen LogP contribution in [-0.2, 0) is 9.59 Å². The first-order chi connectivity index (χ1) is 14.8. The maximum Gasteiger partial charge on any atom is 0.292 e. The highest BCUT2D eigenvalue weighted by molar-refractivity contribution is 6.05. The number of carbonyl (C=O) groups is 2. The molecule has 0 aliphatic carbocycles. The summed E-state index contributed by atoms with van der Waals surface area (Å²) < 4.78 is 0. The number of nitrogens with zero attached hydrogens (tertiary/aromatic N) is 3. The van der Waals surface area contributed by atoms with Crippen molar-refractivity contribution < 1.29 is 14.5 Å². The van der Waals surface area contributed by atoms with Gasteiger partial charge in [-0.15, -0.1) is 0 Å². The molecule has 1 saturated heterocycles. The van der Waals surface area contributed by atoms with Gasteiger partial charge in [-0.05, 0) is 32.3 Å². The molecule has 11 nitrogen and oxygen atoms in total. The van der Waals surface area contributed by atoms with Gasteiger partial charge in [0.25, 0.3) is 11.2 Å². The van der Waals surface area contributed by atoms with Gasteiger partial charge in [-0.3, -0.25) is 29.5 Å². The van der Waals surface area contributed by atoms with Crippen LogP contribution in [0.5, 0.6) is 0 Å². The number of anilines is 3. The summed E-state index contributed by atoms with van der Waals surface area (Å²) in [6, 6.07) is 5.87. The first-order valence-corrected chi connectivity index (χ1v) is 10.1. The molecule has 2 aliphatic heterocycles. The van der Waals surface area contributed by atoms with E-state index in [0.29, 0.717) is 5.95 Å². The Morgan fingerprint density at radius 1 is 1.29 bits per heavy atom. The highest BCUT2D eigenvalue weighted by Gasteiger charge is 2.36. The molecule has 11 heteroatoms. The van der Waals surface area contributed by atoms with Gasteiger partial charge in [-0.1, -0.05) is 12.1 Å². The quantitative estimate of drug-likeness (QED) is 0.500. The zero-order valence-corrected chi connectivity index (χ0v) is 16.9. The van der Waals surface area contributed by atoms with Crippen molar-refractivity contribution in [3.8, 4) is 0 Å². The van der Waals surface area contributed by atoms with E-state index in [0.717, 1.165) is 25.8 Å². The van der Waals surface area contributed by atoms with Crippen LogP contribution in [-0.4, -0.2) is 39.3 Å². The Kier molecular flexibility index (Phi) is 5.40. The lowest BCUT2D eigenvalue weighted by Gasteiger charge is -2.34. The summed E-state index contributed by atoms with van der Waals surface area (Å²) in [5.74, 6) is -1.85. The first kappa shape index (κ1) is 20.5. The average molecular weight is 426 g/mol. The van der Waals surface area contributed by atoms with E-state index in [1.54, 1.807) is 6.07 Å². The molecule has 162 valence electrons. The molecule has 2 aromatic rings. The normalized spacial score (nSPS) is 20.5. The van der Waals surface area contributed by atoms with Crippen molar-refractivity contribution >= 4 is 35.0 Å². The van der Waals surface area contributed by atoms with Crippen LogP contribution in [0.25, 0.3) is 0 Å². The molecule has 4 rings (SSSR count). The average Bonchev–Trinajstić information content (AvgIpc) is 2.73. The number of nitro benzene ring substituents is 1. The Labute approximate surface area is 177 Å². The number of hydrogen-bond acceptors (Lipinski definition) is 7. The van der Waals surface area contributed by atoms with Gasteiger partial charge < -0.3 is 15.5 Å². The molecule has 0 spiro atoms. The van der Waals surface area contributed by atoms with Crippen molar-refractivity contribution in [2.75, 3.05) is 22.1 Å². The SMILES string of the molecule is C[C@H]1CCCCN1c1nc2c(c(=O)[nH]1)[C@@H](C(=O)Nc1ccccc1[N+](=O)[O-])CC(=O)N2. The molecule has 1 fully saturated rings. The summed E-state index contributed by atoms with van der Waals surface area (Å²) in [5, 5.41) is 16.3. The van der Waals surface area contributed by atoms with Crippen LogP contribution < -0.4 is 21.1 Å². The van der Waals surface area contributed by atoms with Crippen LogP contribution in [0, 0.1) is 10.1 Å². The standard InChI is InChI=1S/C20H22N6O5/c1-11-6-4-5-9-25(11)20-23-17-16(19(29)24-20)12(10-15(27)22-17)18(28)21-13-7-2-3-8-14(13)26(30)31/h2-3,7-8,11-12H,4-6,9-10H2,1H3,(H,21,28)(H2,22,23,24,27,29)/t11-,12-/m0/s1. The molecule has 0 bridgehead atoms. The summed E-state index contributed by atoms with van der Waals surface area (Å²) >= 11 is 0. The van der Waals surface area contributed by atoms with Crippen LogP contribution in [0.1, 0.15) is 44.1 Å². The zero-order chi connectivity index (χ0) is 22.1. The van der Waals surface area contributed by atoms with Crippen molar-refractivity contribution in [2.24, 2.45) is 0 Å². The summed E-state index contributed by atoms with van der Waals surface area (Å²) in [6.07, 6.45) is 2.77. The summed E-state index contributed by atoms with van der Waals surface area (Å²) in [7, 11) is 0. The number of para-hydroxylation sites is 2. The van der Waals surface area contributed by atoms with E-state index in [4.69, 9.17) is 0 Å². The van der Waals surface area contributed by atoms with Gasteiger partial charge in [0.15, 0.2) is 0 Å². The Bertz CT molecular complexity index is 1110. The number of fused-ring (bicyclic) bond motifs is 1. The summed E-state index contributed by atoms with van der Waals surface area (Å²) in [5.41, 5.74) is -0.754. The van der Waals surface area contributed by atoms with Crippen LogP contribution in [0.2, 0.25) is 0 Å². The Morgan fingerprint density at radius 2 is 2.06 bits per heavy atom. The van der Waals surface area contributed by atoms with E-state index in [2.05, 4.69) is 20.6 Å². The zero-order valence-electron chi connectivity index (χ0n) is 16.9. The molecule has 1 aromatic heterocycles. The third-order valence-electron chi connectivity index (χ3n) is 5.69. The molecule has 2 amide bonds. The summed E-state index contributed by atoms with van der Waals surface area (Å²) in [4.78, 5) is 57.9. The predicted octanol–water partition coefficient (Wildman–Crippen LogP) is 2.12. The van der Waals surface area contributed by atoms with E-state index in [-0.39, 0.29) is 35.2 Å². The van der Waals surface area contributed by atoms with Gasteiger partial charge in [0.1, 0.15) is 11.5 Å². The predicted molar refractivity (Wildman–Crippen MR) is 113 cm³/mol. The molecule has 0 saturated carbocycles. The van der Waals surface area contributed by atoms with Crippen molar-refractivity contribution in [1.29, 1.82) is 0 Å². The number of nitrogens with one attached hydrogen (secondary N) is 3. The lowest BCUT2D eigenvalue weighted by Crippen LogP contribution is -2.42. The molecule has 2 aliphatic rings. The fraction of sp³-hybridized carbons (Fsp3) is 0.400. The van der Waals surface area contributed by atoms with E-state index < -0.39 is 28.2 Å². The van der Waals surface area contributed by atoms with E-state index in [1.807, 2.05) is 11.8 Å². The maximum atomic E-state index is 12.9. The highest BCUT2D eigenvalue weighted by atomic mass is 16.6. The lowest BCUT2D eigenvalue weighted by atomic mass is 9.92. The van der Waals surface area contributed by atoms with Crippen LogP contribution in [0.15, 0.2) is 29.1 Å². The maximum absolute atomic E-state index is 12.9. The fourth-order valence-electron chi connectivity index (χ4n) is 4.09. The number of aromatic amines is 1. The number of nitro groups is 1. The number of carbonyl (C=O) groups excluding carboxylic acids is 2. The van der Waals surface area contributed by atoms with E-state index >= 15 is 0 Å². The number of aromatic nitrogens is 2. The molecule has 0 radical (unpaired) electrons. The highest BCUT2D eigenvalue weighted by Crippen LogP contribution is 2.32. The van der Waals surface area contributed by atoms with Gasteiger partial charge in [0, 0.05) is 25.1 Å². The molecule has 2 atom stereocenters. The molecule has 1 aromatic carbocycles. The topological polar surface area (TPSA) is 150 Å². The molecular formula is C20H22N6O5.